The number of thioether (sulfide) groups is 1. The Labute approximate surface area is 202 Å². The van der Waals surface area contributed by atoms with E-state index in [-0.39, 0.29) is 11.9 Å². The summed E-state index contributed by atoms with van der Waals surface area (Å²) in [6.07, 6.45) is 2.01. The molecule has 0 unspecified atom stereocenters. The van der Waals surface area contributed by atoms with Crippen LogP contribution in [0, 0.1) is 0 Å². The highest BCUT2D eigenvalue weighted by atomic mass is 32.2. The fraction of sp³-hybridized carbons (Fsp3) is 0.333. The second kappa shape index (κ2) is 11.1. The number of imide groups is 1. The van der Waals surface area contributed by atoms with Gasteiger partial charge in [-0.3, -0.25) is 4.79 Å². The Morgan fingerprint density at radius 3 is 2.29 bits per heavy atom. The van der Waals surface area contributed by atoms with Crippen molar-refractivity contribution in [1.29, 1.82) is 0 Å². The molecule has 34 heavy (non-hydrogen) atoms. The minimum Gasteiger partial charge on any atom is -0.433 e. The molecule has 0 bridgehead atoms. The number of guanidine groups is 1. The zero-order valence-electron chi connectivity index (χ0n) is 19.2. The lowest BCUT2D eigenvalue weighted by molar-refractivity contribution is -0.134. The number of nitrogens with zero attached hydrogens (tertiary/aromatic N) is 2. The quantitative estimate of drug-likeness (QED) is 0.130. The third-order valence-electron chi connectivity index (χ3n) is 5.01. The Balaban J connectivity index is 1.37. The highest BCUT2D eigenvalue weighted by molar-refractivity contribution is 7.99. The van der Waals surface area contributed by atoms with Gasteiger partial charge in [-0.05, 0) is 81.0 Å². The van der Waals surface area contributed by atoms with Gasteiger partial charge in [0, 0.05) is 11.4 Å². The van der Waals surface area contributed by atoms with E-state index in [4.69, 9.17) is 20.9 Å². The van der Waals surface area contributed by atoms with Gasteiger partial charge in [-0.25, -0.2) is 19.5 Å². The summed E-state index contributed by atoms with van der Waals surface area (Å²) in [5.74, 6) is 0.539. The number of benzene rings is 2. The summed E-state index contributed by atoms with van der Waals surface area (Å²) < 4.78 is 10.5. The van der Waals surface area contributed by atoms with Gasteiger partial charge in [0.15, 0.2) is 11.6 Å². The molecule has 3 rings (SSSR count). The lowest BCUT2D eigenvalue weighted by Gasteiger charge is -2.13. The van der Waals surface area contributed by atoms with Crippen molar-refractivity contribution in [2.75, 3.05) is 12.3 Å². The first kappa shape index (κ1) is 25.1. The van der Waals surface area contributed by atoms with E-state index in [1.54, 1.807) is 62.0 Å². The number of nitrogens with two attached hydrogens (primary N) is 2. The second-order valence-electron chi connectivity index (χ2n) is 8.19. The van der Waals surface area contributed by atoms with Gasteiger partial charge in [-0.15, -0.1) is 11.8 Å². The third-order valence-corrected chi connectivity index (χ3v) is 6.11. The van der Waals surface area contributed by atoms with Gasteiger partial charge < -0.3 is 20.9 Å². The number of esters is 1. The van der Waals surface area contributed by atoms with Crippen LogP contribution in [0.1, 0.15) is 43.5 Å². The molecule has 2 amide bonds. The molecule has 1 heterocycles. The lowest BCUT2D eigenvalue weighted by atomic mass is 10.1. The Morgan fingerprint density at radius 2 is 1.71 bits per heavy atom. The summed E-state index contributed by atoms with van der Waals surface area (Å²) in [4.78, 5) is 42.3. The first-order valence-electron chi connectivity index (χ1n) is 10.9. The number of cyclic esters (lactones) is 1. The van der Waals surface area contributed by atoms with Gasteiger partial charge in [0.1, 0.15) is 5.75 Å². The van der Waals surface area contributed by atoms with Crippen LogP contribution in [0.2, 0.25) is 0 Å². The monoisotopic (exact) mass is 484 g/mol. The fourth-order valence-electron chi connectivity index (χ4n) is 3.25. The average molecular weight is 485 g/mol. The first-order chi connectivity index (χ1) is 16.2. The van der Waals surface area contributed by atoms with Crippen LogP contribution < -0.4 is 16.2 Å². The van der Waals surface area contributed by atoms with Crippen molar-refractivity contribution in [2.24, 2.45) is 16.5 Å². The van der Waals surface area contributed by atoms with Gasteiger partial charge in [-0.1, -0.05) is 6.42 Å². The predicted molar refractivity (Wildman–Crippen MR) is 130 cm³/mol. The lowest BCUT2D eigenvalue weighted by Crippen LogP contribution is -2.36. The molecule has 2 aromatic rings. The maximum Gasteiger partial charge on any atom is 0.417 e. The molecule has 0 aromatic heterocycles. The van der Waals surface area contributed by atoms with Crippen molar-refractivity contribution in [1.82, 2.24) is 4.90 Å². The molecule has 1 aliphatic heterocycles. The van der Waals surface area contributed by atoms with E-state index in [1.165, 1.54) is 4.90 Å². The van der Waals surface area contributed by atoms with E-state index < -0.39 is 17.7 Å². The summed E-state index contributed by atoms with van der Waals surface area (Å²) in [6.45, 7) is 3.58. The van der Waals surface area contributed by atoms with Crippen LogP contribution in [0.25, 0.3) is 0 Å². The normalized spacial score (nSPS) is 14.6. The SMILES string of the molecule is CC1(C)OC(=O)N(CCCCCSc2ccc(OC(=O)c3ccc(N=C(N)N)cc3)cc2)C1=O. The predicted octanol–water partition coefficient (Wildman–Crippen LogP) is 3.83. The van der Waals surface area contributed by atoms with Gasteiger partial charge >= 0.3 is 12.1 Å². The zero-order valence-corrected chi connectivity index (χ0v) is 20.0. The minimum atomic E-state index is -1.06. The Hall–Kier alpha value is -3.53. The summed E-state index contributed by atoms with van der Waals surface area (Å²) >= 11 is 1.69. The third kappa shape index (κ3) is 6.74. The van der Waals surface area contributed by atoms with Crippen LogP contribution in [0.5, 0.6) is 5.75 Å². The molecule has 0 aliphatic carbocycles. The molecule has 0 saturated carbocycles. The number of hydrogen-bond donors (Lipinski definition) is 2. The summed E-state index contributed by atoms with van der Waals surface area (Å²) in [7, 11) is 0. The van der Waals surface area contributed by atoms with E-state index in [0.717, 1.165) is 29.9 Å². The number of rotatable bonds is 10. The smallest absolute Gasteiger partial charge is 0.417 e. The molecule has 1 aliphatic rings. The maximum absolute atomic E-state index is 12.3. The molecule has 180 valence electrons. The molecule has 0 spiro atoms. The van der Waals surface area contributed by atoms with Crippen molar-refractivity contribution in [3.8, 4) is 5.75 Å². The number of carbonyl (C=O) groups excluding carboxylic acids is 3. The molecule has 2 aromatic carbocycles. The van der Waals surface area contributed by atoms with E-state index >= 15 is 0 Å². The fourth-order valence-corrected chi connectivity index (χ4v) is 4.16. The Morgan fingerprint density at radius 1 is 1.03 bits per heavy atom. The minimum absolute atomic E-state index is 0.0532. The van der Waals surface area contributed by atoms with Gasteiger partial charge in [0.25, 0.3) is 5.91 Å². The van der Waals surface area contributed by atoms with Crippen molar-refractivity contribution in [3.63, 3.8) is 0 Å². The van der Waals surface area contributed by atoms with Gasteiger partial charge in [0.2, 0.25) is 0 Å². The average Bonchev–Trinajstić information content (AvgIpc) is 2.98. The number of hydrogen-bond acceptors (Lipinski definition) is 7. The Bertz CT molecular complexity index is 1060. The Kier molecular flexibility index (Phi) is 8.17. The van der Waals surface area contributed by atoms with Crippen LogP contribution in [-0.2, 0) is 9.53 Å². The number of carbonyl (C=O) groups is 3. The molecule has 0 atom stereocenters. The molecule has 0 radical (unpaired) electrons. The standard InChI is InChI=1S/C24H28N4O5S/c1-24(2)21(30)28(23(31)33-24)14-4-3-5-15-34-19-12-10-18(11-13-19)32-20(29)16-6-8-17(9-7-16)27-22(25)26/h6-13H,3-5,14-15H2,1-2H3,(H4,25,26,27). The molecule has 10 heteroatoms. The van der Waals surface area contributed by atoms with Crippen LogP contribution in [-0.4, -0.2) is 46.7 Å². The van der Waals surface area contributed by atoms with Gasteiger partial charge in [-0.2, -0.15) is 0 Å². The van der Waals surface area contributed by atoms with Crippen LogP contribution >= 0.6 is 11.8 Å². The number of ether oxygens (including phenoxy) is 2. The van der Waals surface area contributed by atoms with Crippen LogP contribution in [0.3, 0.4) is 0 Å². The van der Waals surface area contributed by atoms with E-state index in [9.17, 15) is 14.4 Å². The van der Waals surface area contributed by atoms with Crippen LogP contribution in [0.15, 0.2) is 58.4 Å². The number of amides is 2. The molecule has 1 fully saturated rings. The highest BCUT2D eigenvalue weighted by Gasteiger charge is 2.46. The number of aliphatic imine (C=N–C) groups is 1. The molecular formula is C24H28N4O5S. The van der Waals surface area contributed by atoms with Gasteiger partial charge in [0.05, 0.1) is 11.3 Å². The van der Waals surface area contributed by atoms with Crippen LogP contribution in [0.4, 0.5) is 10.5 Å². The summed E-state index contributed by atoms with van der Waals surface area (Å²) in [5, 5.41) is 0. The topological polar surface area (TPSA) is 137 Å². The van der Waals surface area contributed by atoms with Crippen molar-refractivity contribution >= 4 is 41.4 Å². The van der Waals surface area contributed by atoms with E-state index in [1.807, 2.05) is 12.1 Å². The molecule has 9 nitrogen and oxygen atoms in total. The number of unbranched alkanes of at least 4 members (excludes halogenated alkanes) is 2. The summed E-state index contributed by atoms with van der Waals surface area (Å²) in [5.41, 5.74) is 10.5. The second-order valence-corrected chi connectivity index (χ2v) is 9.36. The van der Waals surface area contributed by atoms with Crippen molar-refractivity contribution in [3.05, 3.63) is 54.1 Å². The maximum atomic E-state index is 12.3. The molecular weight excluding hydrogens is 456 g/mol. The highest BCUT2D eigenvalue weighted by Crippen LogP contribution is 2.25. The molecule has 4 N–H and O–H groups in total. The van der Waals surface area contributed by atoms with E-state index in [0.29, 0.717) is 23.5 Å². The first-order valence-corrected chi connectivity index (χ1v) is 11.8. The molecule has 1 saturated heterocycles. The summed E-state index contributed by atoms with van der Waals surface area (Å²) in [6, 6.07) is 13.7. The van der Waals surface area contributed by atoms with Crippen molar-refractivity contribution < 1.29 is 23.9 Å². The van der Waals surface area contributed by atoms with E-state index in [2.05, 4.69) is 4.99 Å². The van der Waals surface area contributed by atoms with Crippen molar-refractivity contribution in [2.45, 2.75) is 43.6 Å². The zero-order chi connectivity index (χ0) is 24.7. The largest absolute Gasteiger partial charge is 0.433 e.